The van der Waals surface area contributed by atoms with Crippen molar-refractivity contribution in [1.29, 1.82) is 0 Å². The molecule has 1 saturated heterocycles. The molecule has 2 amide bonds. The first-order chi connectivity index (χ1) is 11.7. The van der Waals surface area contributed by atoms with Crippen molar-refractivity contribution in [3.63, 3.8) is 0 Å². The third kappa shape index (κ3) is 6.32. The molecule has 2 rings (SSSR count). The third-order valence-corrected chi connectivity index (χ3v) is 4.61. The molecule has 2 N–H and O–H groups in total. The van der Waals surface area contributed by atoms with Gasteiger partial charge in [-0.05, 0) is 37.2 Å². The number of aliphatic hydroxyl groups is 1. The largest absolute Gasteiger partial charge is 0.396 e. The van der Waals surface area contributed by atoms with Crippen LogP contribution in [0.5, 0.6) is 0 Å². The molecule has 0 spiro atoms. The average molecular weight is 332 g/mol. The fraction of sp³-hybridized carbons (Fsp3) is 0.579. The van der Waals surface area contributed by atoms with E-state index < -0.39 is 0 Å². The molecule has 1 unspecified atom stereocenters. The molecular weight excluding hydrogens is 304 g/mol. The Labute approximate surface area is 144 Å². The van der Waals surface area contributed by atoms with E-state index >= 15 is 0 Å². The van der Waals surface area contributed by atoms with Crippen molar-refractivity contribution in [2.24, 2.45) is 5.92 Å². The van der Waals surface area contributed by atoms with E-state index in [2.05, 4.69) is 5.32 Å². The van der Waals surface area contributed by atoms with E-state index in [-0.39, 0.29) is 24.3 Å². The van der Waals surface area contributed by atoms with Crippen molar-refractivity contribution in [2.45, 2.75) is 38.5 Å². The van der Waals surface area contributed by atoms with E-state index in [4.69, 9.17) is 0 Å². The van der Waals surface area contributed by atoms with Gasteiger partial charge in [-0.1, -0.05) is 30.3 Å². The summed E-state index contributed by atoms with van der Waals surface area (Å²) in [7, 11) is 0. The highest BCUT2D eigenvalue weighted by Crippen LogP contribution is 2.13. The van der Waals surface area contributed by atoms with Gasteiger partial charge in [0.2, 0.25) is 11.8 Å². The number of aliphatic hydroxyl groups excluding tert-OH is 1. The molecule has 1 heterocycles. The summed E-state index contributed by atoms with van der Waals surface area (Å²) in [6.45, 7) is 1.88. The lowest BCUT2D eigenvalue weighted by molar-refractivity contribution is -0.132. The van der Waals surface area contributed by atoms with Crippen LogP contribution in [0, 0.1) is 5.92 Å². The van der Waals surface area contributed by atoms with Gasteiger partial charge in [0.25, 0.3) is 0 Å². The second-order valence-electron chi connectivity index (χ2n) is 6.45. The quantitative estimate of drug-likeness (QED) is 0.882. The highest BCUT2D eigenvalue weighted by molar-refractivity contribution is 5.79. The second kappa shape index (κ2) is 10.1. The Balaban J connectivity index is 1.89. The number of aryl methyl sites for hydroxylation is 1. The zero-order chi connectivity index (χ0) is 17.2. The van der Waals surface area contributed by atoms with Crippen LogP contribution in [-0.2, 0) is 16.0 Å². The van der Waals surface area contributed by atoms with Crippen molar-refractivity contribution in [1.82, 2.24) is 10.2 Å². The number of carbonyl (C=O) groups is 2. The van der Waals surface area contributed by atoms with Crippen LogP contribution in [0.15, 0.2) is 30.3 Å². The Morgan fingerprint density at radius 2 is 2.00 bits per heavy atom. The number of amides is 2. The van der Waals surface area contributed by atoms with E-state index in [1.54, 1.807) is 0 Å². The number of nitrogens with one attached hydrogen (secondary N) is 1. The molecule has 0 aliphatic carbocycles. The Morgan fingerprint density at radius 3 is 2.75 bits per heavy atom. The van der Waals surface area contributed by atoms with Crippen molar-refractivity contribution in [3.8, 4) is 0 Å². The van der Waals surface area contributed by atoms with Gasteiger partial charge in [-0.3, -0.25) is 9.59 Å². The Hall–Kier alpha value is -1.88. The third-order valence-electron chi connectivity index (χ3n) is 4.61. The molecule has 1 aromatic carbocycles. The standard InChI is InChI=1S/C19H28N2O3/c22-15-17-7-4-13-21(14-11-18(23)20-12-10-17)19(24)9-8-16-5-2-1-3-6-16/h1-3,5-6,17,22H,4,7-15H2,(H,20,23). The molecule has 5 nitrogen and oxygen atoms in total. The minimum atomic E-state index is -0.0190. The number of hydrogen-bond acceptors (Lipinski definition) is 3. The lowest BCUT2D eigenvalue weighted by Gasteiger charge is -2.23. The van der Waals surface area contributed by atoms with Gasteiger partial charge in [-0.15, -0.1) is 0 Å². The number of hydrogen-bond donors (Lipinski definition) is 2. The Bertz CT molecular complexity index is 519. The van der Waals surface area contributed by atoms with Crippen LogP contribution in [0.4, 0.5) is 0 Å². The molecule has 0 aromatic heterocycles. The summed E-state index contributed by atoms with van der Waals surface area (Å²) in [5.41, 5.74) is 1.15. The van der Waals surface area contributed by atoms with Crippen molar-refractivity contribution in [3.05, 3.63) is 35.9 Å². The summed E-state index contributed by atoms with van der Waals surface area (Å²) < 4.78 is 0. The predicted octanol–water partition coefficient (Wildman–Crippen LogP) is 1.75. The molecule has 0 bridgehead atoms. The zero-order valence-electron chi connectivity index (χ0n) is 14.2. The van der Waals surface area contributed by atoms with Crippen LogP contribution in [-0.4, -0.2) is 48.1 Å². The number of benzene rings is 1. The first-order valence-electron chi connectivity index (χ1n) is 8.88. The predicted molar refractivity (Wildman–Crippen MR) is 93.4 cm³/mol. The molecule has 0 radical (unpaired) electrons. The maximum Gasteiger partial charge on any atom is 0.222 e. The fourth-order valence-electron chi connectivity index (χ4n) is 3.05. The highest BCUT2D eigenvalue weighted by atomic mass is 16.3. The van der Waals surface area contributed by atoms with Gasteiger partial charge < -0.3 is 15.3 Å². The van der Waals surface area contributed by atoms with Gasteiger partial charge in [0.1, 0.15) is 0 Å². The van der Waals surface area contributed by atoms with Crippen LogP contribution in [0.2, 0.25) is 0 Å². The number of carbonyl (C=O) groups excluding carboxylic acids is 2. The van der Waals surface area contributed by atoms with E-state index in [0.717, 1.165) is 31.2 Å². The van der Waals surface area contributed by atoms with Crippen molar-refractivity contribution >= 4 is 11.8 Å². The summed E-state index contributed by atoms with van der Waals surface area (Å²) in [5, 5.41) is 12.3. The summed E-state index contributed by atoms with van der Waals surface area (Å²) >= 11 is 0. The van der Waals surface area contributed by atoms with E-state index in [9.17, 15) is 14.7 Å². The van der Waals surface area contributed by atoms with Gasteiger partial charge in [-0.25, -0.2) is 0 Å². The molecule has 0 saturated carbocycles. The van der Waals surface area contributed by atoms with Gasteiger partial charge in [0.15, 0.2) is 0 Å². The molecule has 1 aromatic rings. The first-order valence-corrected chi connectivity index (χ1v) is 8.88. The molecular formula is C19H28N2O3. The van der Waals surface area contributed by atoms with Crippen LogP contribution >= 0.6 is 0 Å². The van der Waals surface area contributed by atoms with Crippen LogP contribution in [0.3, 0.4) is 0 Å². The minimum absolute atomic E-state index is 0.0190. The summed E-state index contributed by atoms with van der Waals surface area (Å²) in [6.07, 6.45) is 4.09. The molecule has 1 fully saturated rings. The molecule has 1 atom stereocenters. The second-order valence-corrected chi connectivity index (χ2v) is 6.45. The van der Waals surface area contributed by atoms with Gasteiger partial charge in [-0.2, -0.15) is 0 Å². The average Bonchev–Trinajstić information content (AvgIpc) is 2.65. The smallest absolute Gasteiger partial charge is 0.222 e. The molecule has 24 heavy (non-hydrogen) atoms. The number of rotatable bonds is 4. The van der Waals surface area contributed by atoms with E-state index in [1.165, 1.54) is 0 Å². The molecule has 1 aliphatic heterocycles. The summed E-state index contributed by atoms with van der Waals surface area (Å²) in [5.74, 6) is 0.283. The van der Waals surface area contributed by atoms with Crippen LogP contribution in [0.1, 0.15) is 37.7 Å². The lowest BCUT2D eigenvalue weighted by atomic mass is 10.0. The molecule has 1 aliphatic rings. The first kappa shape index (κ1) is 18.5. The monoisotopic (exact) mass is 332 g/mol. The van der Waals surface area contributed by atoms with E-state index in [1.807, 2.05) is 35.2 Å². The van der Waals surface area contributed by atoms with E-state index in [0.29, 0.717) is 32.5 Å². The highest BCUT2D eigenvalue weighted by Gasteiger charge is 2.17. The SMILES string of the molecule is O=C1CCN(C(=O)CCc2ccccc2)CCCC(CO)CCN1. The van der Waals surface area contributed by atoms with Gasteiger partial charge >= 0.3 is 0 Å². The maximum atomic E-state index is 12.5. The lowest BCUT2D eigenvalue weighted by Crippen LogP contribution is -2.35. The zero-order valence-corrected chi connectivity index (χ0v) is 14.2. The summed E-state index contributed by atoms with van der Waals surface area (Å²) in [6, 6.07) is 9.98. The topological polar surface area (TPSA) is 69.6 Å². The molecule has 5 heteroatoms. The Morgan fingerprint density at radius 1 is 1.21 bits per heavy atom. The maximum absolute atomic E-state index is 12.5. The summed E-state index contributed by atoms with van der Waals surface area (Å²) in [4.78, 5) is 26.2. The van der Waals surface area contributed by atoms with Crippen LogP contribution in [0.25, 0.3) is 0 Å². The van der Waals surface area contributed by atoms with Crippen LogP contribution < -0.4 is 5.32 Å². The Kier molecular flexibility index (Phi) is 7.75. The van der Waals surface area contributed by atoms with Gasteiger partial charge in [0.05, 0.1) is 0 Å². The van der Waals surface area contributed by atoms with Crippen molar-refractivity contribution in [2.75, 3.05) is 26.2 Å². The fourth-order valence-corrected chi connectivity index (χ4v) is 3.05. The van der Waals surface area contributed by atoms with Gasteiger partial charge in [0, 0.05) is 39.1 Å². The molecule has 132 valence electrons. The normalized spacial score (nSPS) is 20.1. The van der Waals surface area contributed by atoms with Crippen molar-refractivity contribution < 1.29 is 14.7 Å². The minimum Gasteiger partial charge on any atom is -0.396 e. The number of nitrogens with zero attached hydrogens (tertiary/aromatic N) is 1.